The maximum Gasteiger partial charge on any atom is 0.237 e. The fraction of sp³-hybridized carbons (Fsp3) is 0.333. The number of H-pyrrole nitrogens is 1. The Morgan fingerprint density at radius 1 is 1.21 bits per heavy atom. The van der Waals surface area contributed by atoms with Crippen molar-refractivity contribution < 1.29 is 22.3 Å². The van der Waals surface area contributed by atoms with E-state index in [1.165, 1.54) is 17.0 Å². The summed E-state index contributed by atoms with van der Waals surface area (Å²) in [5.74, 6) is -0.0455. The molecule has 2 aromatic heterocycles. The fourth-order valence-corrected chi connectivity index (χ4v) is 5.90. The molecule has 1 fully saturated rings. The van der Waals surface area contributed by atoms with Crippen molar-refractivity contribution in [3.63, 3.8) is 0 Å². The van der Waals surface area contributed by atoms with E-state index in [2.05, 4.69) is 16.0 Å². The van der Waals surface area contributed by atoms with Gasteiger partial charge in [-0.3, -0.25) is 9.69 Å². The molecule has 0 spiro atoms. The molecule has 0 saturated carbocycles. The summed E-state index contributed by atoms with van der Waals surface area (Å²) in [7, 11) is -1.57. The lowest BCUT2D eigenvalue weighted by molar-refractivity contribution is -0.130. The van der Waals surface area contributed by atoms with E-state index >= 15 is 0 Å². The first-order valence-corrected chi connectivity index (χ1v) is 12.9. The minimum atomic E-state index is -3.13. The van der Waals surface area contributed by atoms with Gasteiger partial charge in [0.25, 0.3) is 0 Å². The lowest BCUT2D eigenvalue weighted by atomic mass is 10.0. The standard InChI is InChI=1S/C24H25FN4O4S/c1-33-22-3-2-17(25)12-19(22)18-4-7-26-24-20(18)13-21(27-24)16-5-8-28(9-6-16)14-23(30)29-10-11-34(31,32)15-29/h2-5,7,12-13H,6,8-11,14-15H2,1H3,(H,26,27). The molecule has 0 unspecified atom stereocenters. The molecule has 5 rings (SSSR count). The Hall–Kier alpha value is -3.24. The fourth-order valence-electron chi connectivity index (χ4n) is 4.53. The van der Waals surface area contributed by atoms with E-state index in [4.69, 9.17) is 4.74 Å². The number of rotatable bonds is 5. The summed E-state index contributed by atoms with van der Waals surface area (Å²) in [6.45, 7) is 1.76. The number of nitrogens with zero attached hydrogens (tertiary/aromatic N) is 3. The van der Waals surface area contributed by atoms with Crippen LogP contribution in [0.2, 0.25) is 0 Å². The van der Waals surface area contributed by atoms with Gasteiger partial charge in [0.05, 0.1) is 19.4 Å². The molecule has 2 aliphatic rings. The third-order valence-electron chi connectivity index (χ3n) is 6.36. The highest BCUT2D eigenvalue weighted by Gasteiger charge is 2.30. The number of carbonyl (C=O) groups excluding carboxylic acids is 1. The van der Waals surface area contributed by atoms with Gasteiger partial charge >= 0.3 is 0 Å². The van der Waals surface area contributed by atoms with E-state index < -0.39 is 9.84 Å². The first-order valence-electron chi connectivity index (χ1n) is 11.0. The number of methoxy groups -OCH3 is 1. The predicted octanol–water partition coefficient (Wildman–Crippen LogP) is 2.68. The first-order chi connectivity index (χ1) is 16.3. The van der Waals surface area contributed by atoms with Crippen LogP contribution in [-0.4, -0.2) is 79.0 Å². The molecule has 4 heterocycles. The second-order valence-electron chi connectivity index (χ2n) is 8.60. The largest absolute Gasteiger partial charge is 0.496 e. The van der Waals surface area contributed by atoms with Gasteiger partial charge in [0.1, 0.15) is 23.1 Å². The van der Waals surface area contributed by atoms with Crippen LogP contribution in [0.3, 0.4) is 0 Å². The normalized spacial score (nSPS) is 18.3. The Balaban J connectivity index is 1.35. The maximum atomic E-state index is 14.0. The SMILES string of the molecule is COc1ccc(F)cc1-c1ccnc2[nH]c(C3=CCN(CC(=O)N4CCS(=O)(=O)C4)CC3)cc12. The summed E-state index contributed by atoms with van der Waals surface area (Å²) in [6.07, 6.45) is 4.49. The van der Waals surface area contributed by atoms with E-state index in [-0.39, 0.29) is 36.4 Å². The molecule has 2 aliphatic heterocycles. The Morgan fingerprint density at radius 2 is 2.06 bits per heavy atom. The van der Waals surface area contributed by atoms with Gasteiger partial charge in [-0.05, 0) is 47.9 Å². The highest BCUT2D eigenvalue weighted by molar-refractivity contribution is 7.91. The summed E-state index contributed by atoms with van der Waals surface area (Å²) in [4.78, 5) is 23.7. The second kappa shape index (κ2) is 8.84. The molecule has 0 atom stereocenters. The number of hydrogen-bond donors (Lipinski definition) is 1. The summed E-state index contributed by atoms with van der Waals surface area (Å²) < 4.78 is 42.7. The maximum absolute atomic E-state index is 14.0. The zero-order valence-corrected chi connectivity index (χ0v) is 19.6. The van der Waals surface area contributed by atoms with Crippen molar-refractivity contribution in [3.8, 4) is 16.9 Å². The summed E-state index contributed by atoms with van der Waals surface area (Å²) in [5, 5.41) is 0.871. The zero-order valence-electron chi connectivity index (χ0n) is 18.8. The Kier molecular flexibility index (Phi) is 5.86. The number of aromatic amines is 1. The smallest absolute Gasteiger partial charge is 0.237 e. The molecular formula is C24H25FN4O4S. The summed E-state index contributed by atoms with van der Waals surface area (Å²) >= 11 is 0. The van der Waals surface area contributed by atoms with Gasteiger partial charge in [-0.15, -0.1) is 0 Å². The van der Waals surface area contributed by atoms with Crippen LogP contribution >= 0.6 is 0 Å². The first kappa shape index (κ1) is 22.5. The van der Waals surface area contributed by atoms with Crippen LogP contribution in [0.1, 0.15) is 12.1 Å². The number of aromatic nitrogens is 2. The molecule has 34 heavy (non-hydrogen) atoms. The van der Waals surface area contributed by atoms with Crippen LogP contribution in [0.15, 0.2) is 42.6 Å². The van der Waals surface area contributed by atoms with E-state index in [9.17, 15) is 17.6 Å². The lowest BCUT2D eigenvalue weighted by Gasteiger charge is -2.27. The lowest BCUT2D eigenvalue weighted by Crippen LogP contribution is -2.41. The molecular weight excluding hydrogens is 459 g/mol. The number of halogens is 1. The molecule has 3 aromatic rings. The average molecular weight is 485 g/mol. The van der Waals surface area contributed by atoms with Crippen LogP contribution < -0.4 is 4.74 Å². The van der Waals surface area contributed by atoms with Gasteiger partial charge in [0.15, 0.2) is 9.84 Å². The second-order valence-corrected chi connectivity index (χ2v) is 10.8. The number of fused-ring (bicyclic) bond motifs is 1. The van der Waals surface area contributed by atoms with Crippen molar-refractivity contribution in [2.75, 3.05) is 44.9 Å². The van der Waals surface area contributed by atoms with Crippen LogP contribution in [-0.2, 0) is 14.6 Å². The van der Waals surface area contributed by atoms with Crippen LogP contribution in [0.25, 0.3) is 27.7 Å². The Labute approximate surface area is 196 Å². The highest BCUT2D eigenvalue weighted by Crippen LogP contribution is 2.36. The highest BCUT2D eigenvalue weighted by atomic mass is 32.2. The van der Waals surface area contributed by atoms with Crippen molar-refractivity contribution in [2.45, 2.75) is 6.42 Å². The van der Waals surface area contributed by atoms with Gasteiger partial charge in [-0.2, -0.15) is 0 Å². The predicted molar refractivity (Wildman–Crippen MR) is 127 cm³/mol. The van der Waals surface area contributed by atoms with Crippen molar-refractivity contribution in [1.82, 2.24) is 19.8 Å². The van der Waals surface area contributed by atoms with Gasteiger partial charge in [-0.1, -0.05) is 6.08 Å². The van der Waals surface area contributed by atoms with Crippen molar-refractivity contribution >= 4 is 32.4 Å². The monoisotopic (exact) mass is 484 g/mol. The molecule has 0 radical (unpaired) electrons. The van der Waals surface area contributed by atoms with Gasteiger partial charge in [0, 0.05) is 42.5 Å². The molecule has 1 N–H and O–H groups in total. The number of pyridine rings is 1. The summed E-state index contributed by atoms with van der Waals surface area (Å²) in [5.41, 5.74) is 4.23. The quantitative estimate of drug-likeness (QED) is 0.598. The number of benzene rings is 1. The van der Waals surface area contributed by atoms with E-state index in [1.54, 1.807) is 19.4 Å². The average Bonchev–Trinajstić information content (AvgIpc) is 3.42. The number of sulfone groups is 1. The van der Waals surface area contributed by atoms with Crippen molar-refractivity contribution in [3.05, 3.63) is 54.1 Å². The van der Waals surface area contributed by atoms with E-state index in [1.807, 2.05) is 17.0 Å². The minimum Gasteiger partial charge on any atom is -0.496 e. The number of hydrogen-bond acceptors (Lipinski definition) is 6. The molecule has 0 aliphatic carbocycles. The van der Waals surface area contributed by atoms with Gasteiger partial charge in [-0.25, -0.2) is 17.8 Å². The molecule has 1 amide bonds. The number of carbonyl (C=O) groups is 1. The Morgan fingerprint density at radius 3 is 2.76 bits per heavy atom. The van der Waals surface area contributed by atoms with Crippen LogP contribution in [0.5, 0.6) is 5.75 Å². The van der Waals surface area contributed by atoms with Crippen LogP contribution in [0.4, 0.5) is 4.39 Å². The van der Waals surface area contributed by atoms with Gasteiger partial charge in [0.2, 0.25) is 5.91 Å². The molecule has 0 bridgehead atoms. The summed E-state index contributed by atoms with van der Waals surface area (Å²) in [6, 6.07) is 8.31. The number of ether oxygens (including phenoxy) is 1. The van der Waals surface area contributed by atoms with Gasteiger partial charge < -0.3 is 14.6 Å². The van der Waals surface area contributed by atoms with Crippen molar-refractivity contribution in [1.29, 1.82) is 0 Å². The third kappa shape index (κ3) is 4.43. The zero-order chi connectivity index (χ0) is 23.9. The van der Waals surface area contributed by atoms with Crippen molar-refractivity contribution in [2.24, 2.45) is 0 Å². The molecule has 178 valence electrons. The number of amides is 1. The van der Waals surface area contributed by atoms with E-state index in [0.717, 1.165) is 28.6 Å². The molecule has 1 saturated heterocycles. The topological polar surface area (TPSA) is 95.6 Å². The number of nitrogens with one attached hydrogen (secondary N) is 1. The Bertz CT molecular complexity index is 1400. The van der Waals surface area contributed by atoms with Crippen LogP contribution in [0, 0.1) is 5.82 Å². The minimum absolute atomic E-state index is 0.0424. The third-order valence-corrected chi connectivity index (χ3v) is 7.87. The molecule has 10 heteroatoms. The van der Waals surface area contributed by atoms with E-state index in [0.29, 0.717) is 30.0 Å². The molecule has 8 nitrogen and oxygen atoms in total. The molecule has 1 aromatic carbocycles.